The molecule has 1 N–H and O–H groups in total. The van der Waals surface area contributed by atoms with Gasteiger partial charge in [-0.1, -0.05) is 30.3 Å². The molecule has 0 spiro atoms. The highest BCUT2D eigenvalue weighted by molar-refractivity contribution is 5.65. The van der Waals surface area contributed by atoms with Crippen molar-refractivity contribution >= 4 is 11.4 Å². The van der Waals surface area contributed by atoms with Crippen LogP contribution in [0.15, 0.2) is 42.5 Å². The SMILES string of the molecule is Cc1cccc(NC(C)c2ccccc2F)c1[N+](=O)[O-]. The highest BCUT2D eigenvalue weighted by Gasteiger charge is 2.19. The van der Waals surface area contributed by atoms with Crippen molar-refractivity contribution in [3.8, 4) is 0 Å². The van der Waals surface area contributed by atoms with E-state index in [-0.39, 0.29) is 17.5 Å². The molecule has 1 unspecified atom stereocenters. The van der Waals surface area contributed by atoms with E-state index < -0.39 is 4.92 Å². The number of nitrogens with one attached hydrogen (secondary N) is 1. The van der Waals surface area contributed by atoms with Crippen LogP contribution < -0.4 is 5.32 Å². The Hall–Kier alpha value is -2.43. The lowest BCUT2D eigenvalue weighted by Crippen LogP contribution is -2.10. The fraction of sp³-hybridized carbons (Fsp3) is 0.200. The molecule has 4 nitrogen and oxygen atoms in total. The van der Waals surface area contributed by atoms with Crippen LogP contribution in [0, 0.1) is 22.9 Å². The van der Waals surface area contributed by atoms with Crippen molar-refractivity contribution in [2.45, 2.75) is 19.9 Å². The lowest BCUT2D eigenvalue weighted by Gasteiger charge is -2.16. The highest BCUT2D eigenvalue weighted by atomic mass is 19.1. The number of halogens is 1. The van der Waals surface area contributed by atoms with E-state index in [0.717, 1.165) is 0 Å². The molecule has 0 amide bonds. The molecule has 0 aliphatic carbocycles. The van der Waals surface area contributed by atoms with Crippen LogP contribution in [0.4, 0.5) is 15.8 Å². The average molecular weight is 274 g/mol. The van der Waals surface area contributed by atoms with Gasteiger partial charge in [0.25, 0.3) is 5.69 Å². The van der Waals surface area contributed by atoms with Gasteiger partial charge in [-0.2, -0.15) is 0 Å². The predicted octanol–water partition coefficient (Wildman–Crippen LogP) is 4.22. The smallest absolute Gasteiger partial charge is 0.295 e. The first-order chi connectivity index (χ1) is 9.50. The maximum Gasteiger partial charge on any atom is 0.295 e. The predicted molar refractivity (Wildman–Crippen MR) is 76.3 cm³/mol. The second kappa shape index (κ2) is 5.69. The zero-order valence-corrected chi connectivity index (χ0v) is 11.3. The van der Waals surface area contributed by atoms with Crippen molar-refractivity contribution in [2.75, 3.05) is 5.32 Å². The van der Waals surface area contributed by atoms with E-state index in [9.17, 15) is 14.5 Å². The number of anilines is 1. The molecule has 20 heavy (non-hydrogen) atoms. The summed E-state index contributed by atoms with van der Waals surface area (Å²) >= 11 is 0. The number of nitrogens with zero attached hydrogens (tertiary/aromatic N) is 1. The molecule has 2 aromatic rings. The molecule has 0 aliphatic heterocycles. The second-order valence-electron chi connectivity index (χ2n) is 4.62. The van der Waals surface area contributed by atoms with Crippen LogP contribution in [-0.2, 0) is 0 Å². The van der Waals surface area contributed by atoms with Crippen LogP contribution in [0.5, 0.6) is 0 Å². The molecule has 0 aliphatic rings. The largest absolute Gasteiger partial charge is 0.373 e. The Morgan fingerprint density at radius 3 is 2.55 bits per heavy atom. The molecule has 104 valence electrons. The van der Waals surface area contributed by atoms with Gasteiger partial charge in [-0.25, -0.2) is 4.39 Å². The van der Waals surface area contributed by atoms with Gasteiger partial charge in [0.1, 0.15) is 11.5 Å². The third-order valence-corrected chi connectivity index (χ3v) is 3.16. The number of para-hydroxylation sites is 1. The summed E-state index contributed by atoms with van der Waals surface area (Å²) in [5, 5.41) is 14.1. The van der Waals surface area contributed by atoms with Gasteiger partial charge >= 0.3 is 0 Å². The zero-order chi connectivity index (χ0) is 14.7. The minimum Gasteiger partial charge on any atom is -0.373 e. The van der Waals surface area contributed by atoms with Crippen molar-refractivity contribution in [3.63, 3.8) is 0 Å². The van der Waals surface area contributed by atoms with E-state index in [1.54, 1.807) is 50.2 Å². The Labute approximate surface area is 116 Å². The third-order valence-electron chi connectivity index (χ3n) is 3.16. The zero-order valence-electron chi connectivity index (χ0n) is 11.3. The standard InChI is InChI=1S/C15H15FN2O2/c1-10-6-5-9-14(15(10)18(19)20)17-11(2)12-7-3-4-8-13(12)16/h3-9,11,17H,1-2H3. The molecule has 0 heterocycles. The first kappa shape index (κ1) is 14.0. The van der Waals surface area contributed by atoms with Crippen molar-refractivity contribution < 1.29 is 9.31 Å². The van der Waals surface area contributed by atoms with E-state index in [2.05, 4.69) is 5.32 Å². The van der Waals surface area contributed by atoms with Crippen LogP contribution in [0.1, 0.15) is 24.1 Å². The van der Waals surface area contributed by atoms with E-state index in [1.165, 1.54) is 6.07 Å². The summed E-state index contributed by atoms with van der Waals surface area (Å²) in [4.78, 5) is 10.7. The minimum atomic E-state index is -0.425. The maximum absolute atomic E-state index is 13.7. The molecule has 0 aromatic heterocycles. The van der Waals surface area contributed by atoms with Crippen molar-refractivity contribution in [1.82, 2.24) is 0 Å². The normalized spacial score (nSPS) is 11.9. The highest BCUT2D eigenvalue weighted by Crippen LogP contribution is 2.31. The molecule has 0 radical (unpaired) electrons. The summed E-state index contributed by atoms with van der Waals surface area (Å²) in [6.07, 6.45) is 0. The summed E-state index contributed by atoms with van der Waals surface area (Å²) in [5.41, 5.74) is 1.46. The first-order valence-electron chi connectivity index (χ1n) is 6.25. The van der Waals surface area contributed by atoms with Gasteiger partial charge in [0.05, 0.1) is 11.0 Å². The number of aryl methyl sites for hydroxylation is 1. The Morgan fingerprint density at radius 2 is 1.90 bits per heavy atom. The van der Waals surface area contributed by atoms with Crippen LogP contribution in [0.25, 0.3) is 0 Å². The third kappa shape index (κ3) is 2.77. The first-order valence-corrected chi connectivity index (χ1v) is 6.25. The lowest BCUT2D eigenvalue weighted by molar-refractivity contribution is -0.384. The summed E-state index contributed by atoms with van der Waals surface area (Å²) in [6.45, 7) is 3.45. The van der Waals surface area contributed by atoms with E-state index in [1.807, 2.05) is 0 Å². The number of rotatable bonds is 4. The van der Waals surface area contributed by atoms with Crippen LogP contribution >= 0.6 is 0 Å². The number of hydrogen-bond acceptors (Lipinski definition) is 3. The molecule has 2 aromatic carbocycles. The van der Waals surface area contributed by atoms with Gasteiger partial charge in [-0.15, -0.1) is 0 Å². The number of hydrogen-bond donors (Lipinski definition) is 1. The molecule has 1 atom stereocenters. The van der Waals surface area contributed by atoms with Crippen LogP contribution in [0.2, 0.25) is 0 Å². The lowest BCUT2D eigenvalue weighted by atomic mass is 10.1. The summed E-state index contributed by atoms with van der Waals surface area (Å²) in [7, 11) is 0. The van der Waals surface area contributed by atoms with Gasteiger partial charge in [0.2, 0.25) is 0 Å². The van der Waals surface area contributed by atoms with Gasteiger partial charge in [0.15, 0.2) is 0 Å². The summed E-state index contributed by atoms with van der Waals surface area (Å²) in [5.74, 6) is -0.331. The molecule has 0 bridgehead atoms. The van der Waals surface area contributed by atoms with Crippen LogP contribution in [0.3, 0.4) is 0 Å². The van der Waals surface area contributed by atoms with Crippen molar-refractivity contribution in [2.24, 2.45) is 0 Å². The quantitative estimate of drug-likeness (QED) is 0.671. The van der Waals surface area contributed by atoms with E-state index in [4.69, 9.17) is 0 Å². The minimum absolute atomic E-state index is 0.0238. The molecule has 0 saturated carbocycles. The fourth-order valence-corrected chi connectivity index (χ4v) is 2.16. The molecular formula is C15H15FN2O2. The van der Waals surface area contributed by atoms with Crippen molar-refractivity contribution in [1.29, 1.82) is 0 Å². The monoisotopic (exact) mass is 274 g/mol. The van der Waals surface area contributed by atoms with Crippen molar-refractivity contribution in [3.05, 3.63) is 69.5 Å². The van der Waals surface area contributed by atoms with E-state index in [0.29, 0.717) is 16.8 Å². The molecular weight excluding hydrogens is 259 g/mol. The topological polar surface area (TPSA) is 55.2 Å². The summed E-state index contributed by atoms with van der Waals surface area (Å²) < 4.78 is 13.7. The average Bonchev–Trinajstić information content (AvgIpc) is 2.38. The number of nitro groups is 1. The Kier molecular flexibility index (Phi) is 3.98. The molecule has 5 heteroatoms. The van der Waals surface area contributed by atoms with Gasteiger partial charge < -0.3 is 5.32 Å². The maximum atomic E-state index is 13.7. The molecule has 0 fully saturated rings. The summed E-state index contributed by atoms with van der Waals surface area (Å²) in [6, 6.07) is 11.1. The molecule has 0 saturated heterocycles. The Morgan fingerprint density at radius 1 is 1.20 bits per heavy atom. The fourth-order valence-electron chi connectivity index (χ4n) is 2.16. The van der Waals surface area contributed by atoms with Gasteiger partial charge in [-0.05, 0) is 26.0 Å². The van der Waals surface area contributed by atoms with Gasteiger partial charge in [0, 0.05) is 11.1 Å². The Bertz CT molecular complexity index is 644. The Balaban J connectivity index is 2.33. The molecule has 2 rings (SSSR count). The number of benzene rings is 2. The van der Waals surface area contributed by atoms with E-state index >= 15 is 0 Å². The second-order valence-corrected chi connectivity index (χ2v) is 4.62. The van der Waals surface area contributed by atoms with Crippen LogP contribution in [-0.4, -0.2) is 4.92 Å². The van der Waals surface area contributed by atoms with Gasteiger partial charge in [-0.3, -0.25) is 10.1 Å². The number of nitro benzene ring substituents is 1.